The Labute approximate surface area is 75.3 Å². The van der Waals surface area contributed by atoms with Crippen molar-refractivity contribution in [3.05, 3.63) is 0 Å². The van der Waals surface area contributed by atoms with Gasteiger partial charge in [-0.25, -0.2) is 0 Å². The van der Waals surface area contributed by atoms with Gasteiger partial charge in [-0.05, 0) is 26.7 Å². The van der Waals surface area contributed by atoms with E-state index in [0.29, 0.717) is 0 Å². The summed E-state index contributed by atoms with van der Waals surface area (Å²) in [7, 11) is 0. The van der Waals surface area contributed by atoms with Gasteiger partial charge in [0.1, 0.15) is 0 Å². The molecule has 2 atom stereocenters. The highest BCUT2D eigenvalue weighted by molar-refractivity contribution is 4.94. The normalized spacial score (nSPS) is 37.2. The van der Waals surface area contributed by atoms with E-state index < -0.39 is 0 Å². The molecule has 0 amide bonds. The van der Waals surface area contributed by atoms with Gasteiger partial charge >= 0.3 is 0 Å². The van der Waals surface area contributed by atoms with E-state index in [-0.39, 0.29) is 0 Å². The van der Waals surface area contributed by atoms with Crippen molar-refractivity contribution in [1.29, 1.82) is 0 Å². The van der Waals surface area contributed by atoms with Crippen LogP contribution in [-0.4, -0.2) is 36.1 Å². The van der Waals surface area contributed by atoms with Gasteiger partial charge in [-0.15, -0.1) is 0 Å². The second-order valence-electron chi connectivity index (χ2n) is 4.39. The molecule has 2 rings (SSSR count). The van der Waals surface area contributed by atoms with Gasteiger partial charge in [0, 0.05) is 31.2 Å². The highest BCUT2D eigenvalue weighted by Crippen LogP contribution is 2.27. The van der Waals surface area contributed by atoms with E-state index >= 15 is 0 Å². The molecule has 2 heteroatoms. The van der Waals surface area contributed by atoms with Crippen LogP contribution in [0.3, 0.4) is 0 Å². The average Bonchev–Trinajstić information content (AvgIpc) is 2.49. The maximum absolute atomic E-state index is 3.62. The van der Waals surface area contributed by atoms with E-state index in [1.54, 1.807) is 0 Å². The molecular weight excluding hydrogens is 148 g/mol. The molecule has 2 aliphatic rings. The molecular formula is C10H20N2. The molecule has 1 N–H and O–H groups in total. The summed E-state index contributed by atoms with van der Waals surface area (Å²) in [6.07, 6.45) is 4.23. The number of piperazine rings is 1. The maximum atomic E-state index is 3.62. The van der Waals surface area contributed by atoms with E-state index in [1.165, 1.54) is 32.4 Å². The van der Waals surface area contributed by atoms with Gasteiger partial charge in [0.05, 0.1) is 0 Å². The zero-order valence-electron chi connectivity index (χ0n) is 8.21. The molecule has 1 aliphatic carbocycles. The molecule has 0 unspecified atom stereocenters. The number of hydrogen-bond acceptors (Lipinski definition) is 2. The molecule has 2 nitrogen and oxygen atoms in total. The third-order valence-corrected chi connectivity index (χ3v) is 3.35. The minimum absolute atomic E-state index is 0.734. The molecule has 1 saturated heterocycles. The van der Waals surface area contributed by atoms with Crippen LogP contribution in [0.1, 0.15) is 33.1 Å². The predicted octanol–water partition coefficient (Wildman–Crippen LogP) is 1.22. The fourth-order valence-electron chi connectivity index (χ4n) is 2.76. The first kappa shape index (κ1) is 8.52. The fraction of sp³-hybridized carbons (Fsp3) is 1.00. The van der Waals surface area contributed by atoms with Crippen LogP contribution >= 0.6 is 0 Å². The number of rotatable bonds is 1. The van der Waals surface area contributed by atoms with Crippen LogP contribution in [0.15, 0.2) is 0 Å². The highest BCUT2D eigenvalue weighted by atomic mass is 15.3. The third-order valence-electron chi connectivity index (χ3n) is 3.35. The van der Waals surface area contributed by atoms with Crippen molar-refractivity contribution in [3.63, 3.8) is 0 Å². The first-order valence-corrected chi connectivity index (χ1v) is 5.28. The highest BCUT2D eigenvalue weighted by Gasteiger charge is 2.35. The lowest BCUT2D eigenvalue weighted by Gasteiger charge is -2.41. The van der Waals surface area contributed by atoms with Crippen molar-refractivity contribution in [2.24, 2.45) is 0 Å². The largest absolute Gasteiger partial charge is 0.311 e. The number of fused-ring (bicyclic) bond motifs is 1. The van der Waals surface area contributed by atoms with Crippen molar-refractivity contribution in [1.82, 2.24) is 10.2 Å². The molecule has 0 aromatic rings. The Hall–Kier alpha value is -0.0800. The van der Waals surface area contributed by atoms with E-state index in [1.807, 2.05) is 0 Å². The van der Waals surface area contributed by atoms with Gasteiger partial charge in [-0.2, -0.15) is 0 Å². The summed E-state index contributed by atoms with van der Waals surface area (Å²) in [6.45, 7) is 7.08. The van der Waals surface area contributed by atoms with Crippen molar-refractivity contribution < 1.29 is 0 Å². The topological polar surface area (TPSA) is 15.3 Å². The zero-order valence-corrected chi connectivity index (χ0v) is 8.21. The second kappa shape index (κ2) is 3.35. The summed E-state index contributed by atoms with van der Waals surface area (Å²) >= 11 is 0. The van der Waals surface area contributed by atoms with E-state index in [9.17, 15) is 0 Å². The molecule has 0 aromatic heterocycles. The lowest BCUT2D eigenvalue weighted by Crippen LogP contribution is -2.57. The van der Waals surface area contributed by atoms with Gasteiger partial charge < -0.3 is 5.32 Å². The van der Waals surface area contributed by atoms with Crippen LogP contribution in [0.4, 0.5) is 0 Å². The summed E-state index contributed by atoms with van der Waals surface area (Å²) in [4.78, 5) is 2.67. The summed E-state index contributed by atoms with van der Waals surface area (Å²) in [6, 6.07) is 2.39. The quantitative estimate of drug-likeness (QED) is 0.633. The van der Waals surface area contributed by atoms with Gasteiger partial charge in [0.2, 0.25) is 0 Å². The SMILES string of the molecule is CC(C)N1CCN[C@@H]2CCC[C@H]21. The van der Waals surface area contributed by atoms with E-state index in [0.717, 1.165) is 18.1 Å². The lowest BCUT2D eigenvalue weighted by molar-refractivity contribution is 0.103. The zero-order chi connectivity index (χ0) is 8.55. The van der Waals surface area contributed by atoms with Gasteiger partial charge in [-0.3, -0.25) is 4.90 Å². The molecule has 1 heterocycles. The van der Waals surface area contributed by atoms with Crippen molar-refractivity contribution in [2.75, 3.05) is 13.1 Å². The van der Waals surface area contributed by atoms with Gasteiger partial charge in [0.25, 0.3) is 0 Å². The summed E-state index contributed by atoms with van der Waals surface area (Å²) in [5, 5.41) is 3.62. The van der Waals surface area contributed by atoms with Crippen LogP contribution in [0.2, 0.25) is 0 Å². The Kier molecular flexibility index (Phi) is 2.37. The Bertz CT molecular complexity index is 156. The third kappa shape index (κ3) is 1.38. The Morgan fingerprint density at radius 3 is 2.92 bits per heavy atom. The van der Waals surface area contributed by atoms with Crippen molar-refractivity contribution in [2.45, 2.75) is 51.2 Å². The average molecular weight is 168 g/mol. The Balaban J connectivity index is 2.03. The standard InChI is InChI=1S/C10H20N2/c1-8(2)12-7-6-11-9-4-3-5-10(9)12/h8-11H,3-7H2,1-2H3/t9-,10-/m1/s1. The van der Waals surface area contributed by atoms with Crippen LogP contribution in [-0.2, 0) is 0 Å². The van der Waals surface area contributed by atoms with Crippen LogP contribution in [0.5, 0.6) is 0 Å². The first-order chi connectivity index (χ1) is 5.79. The van der Waals surface area contributed by atoms with Crippen LogP contribution in [0.25, 0.3) is 0 Å². The molecule has 70 valence electrons. The molecule has 0 bridgehead atoms. The fourth-order valence-corrected chi connectivity index (χ4v) is 2.76. The first-order valence-electron chi connectivity index (χ1n) is 5.28. The predicted molar refractivity (Wildman–Crippen MR) is 51.3 cm³/mol. The number of nitrogens with one attached hydrogen (secondary N) is 1. The van der Waals surface area contributed by atoms with E-state index in [2.05, 4.69) is 24.1 Å². The van der Waals surface area contributed by atoms with Gasteiger partial charge in [-0.1, -0.05) is 6.42 Å². The summed E-state index contributed by atoms with van der Waals surface area (Å²) < 4.78 is 0. The molecule has 1 aliphatic heterocycles. The molecule has 0 spiro atoms. The van der Waals surface area contributed by atoms with E-state index in [4.69, 9.17) is 0 Å². The second-order valence-corrected chi connectivity index (χ2v) is 4.39. The Morgan fingerprint density at radius 1 is 1.33 bits per heavy atom. The van der Waals surface area contributed by atoms with Crippen LogP contribution < -0.4 is 5.32 Å². The number of hydrogen-bond donors (Lipinski definition) is 1. The minimum atomic E-state index is 0.734. The van der Waals surface area contributed by atoms with Crippen molar-refractivity contribution in [3.8, 4) is 0 Å². The number of nitrogens with zero attached hydrogens (tertiary/aromatic N) is 1. The monoisotopic (exact) mass is 168 g/mol. The van der Waals surface area contributed by atoms with Crippen molar-refractivity contribution >= 4 is 0 Å². The summed E-state index contributed by atoms with van der Waals surface area (Å²) in [5.74, 6) is 0. The van der Waals surface area contributed by atoms with Crippen LogP contribution in [0, 0.1) is 0 Å². The lowest BCUT2D eigenvalue weighted by atomic mass is 10.1. The molecule has 2 fully saturated rings. The molecule has 1 saturated carbocycles. The minimum Gasteiger partial charge on any atom is -0.311 e. The smallest absolute Gasteiger partial charge is 0.0252 e. The van der Waals surface area contributed by atoms with Gasteiger partial charge in [0.15, 0.2) is 0 Å². The molecule has 0 aromatic carbocycles. The summed E-state index contributed by atoms with van der Waals surface area (Å²) in [5.41, 5.74) is 0. The molecule has 12 heavy (non-hydrogen) atoms. The Morgan fingerprint density at radius 2 is 2.17 bits per heavy atom. The maximum Gasteiger partial charge on any atom is 0.0252 e. The molecule has 0 radical (unpaired) electrons.